The second kappa shape index (κ2) is 11.6. The number of nitrogens with zero attached hydrogens (tertiary/aromatic N) is 3. The van der Waals surface area contributed by atoms with Crippen molar-refractivity contribution in [2.45, 2.75) is 13.3 Å². The summed E-state index contributed by atoms with van der Waals surface area (Å²) >= 11 is 5.02. The molecule has 2 aliphatic heterocycles. The first kappa shape index (κ1) is 25.0. The molecule has 0 spiro atoms. The Labute approximate surface area is 224 Å². The van der Waals surface area contributed by atoms with Crippen molar-refractivity contribution in [2.75, 3.05) is 39.4 Å². The monoisotopic (exact) mass is 565 g/mol. The molecule has 2 fully saturated rings. The number of aliphatic imine (C=N–C) groups is 1. The van der Waals surface area contributed by atoms with E-state index in [4.69, 9.17) is 14.1 Å². The van der Waals surface area contributed by atoms with Crippen LogP contribution in [0.5, 0.6) is 0 Å². The quantitative estimate of drug-likeness (QED) is 0.313. The minimum atomic E-state index is -0.0360. The van der Waals surface area contributed by atoms with Gasteiger partial charge in [-0.15, -0.1) is 0 Å². The van der Waals surface area contributed by atoms with Crippen LogP contribution in [0.25, 0.3) is 17.4 Å². The number of rotatable bonds is 7. The van der Waals surface area contributed by atoms with Crippen LogP contribution in [0, 0.1) is 6.92 Å². The molecular weight excluding hydrogens is 538 g/mol. The number of hydrogen-bond donors (Lipinski definition) is 0. The lowest BCUT2D eigenvalue weighted by Crippen LogP contribution is -2.38. The number of aryl methyl sites for hydroxylation is 1. The molecule has 3 aromatic rings. The fourth-order valence-electron chi connectivity index (χ4n) is 4.20. The summed E-state index contributed by atoms with van der Waals surface area (Å²) in [5.41, 5.74) is 2.98. The number of hydrogen-bond acceptors (Lipinski definition) is 6. The second-order valence-electron chi connectivity index (χ2n) is 8.79. The third-order valence-electron chi connectivity index (χ3n) is 6.12. The molecular formula is C28H28BrN3O3S. The van der Waals surface area contributed by atoms with Gasteiger partial charge in [0.15, 0.2) is 5.17 Å². The molecule has 2 aliphatic rings. The zero-order chi connectivity index (χ0) is 24.9. The molecule has 6 nitrogen and oxygen atoms in total. The number of carbonyl (C=O) groups is 1. The highest BCUT2D eigenvalue weighted by molar-refractivity contribution is 9.10. The molecule has 0 unspecified atom stereocenters. The van der Waals surface area contributed by atoms with Crippen LogP contribution in [-0.2, 0) is 9.53 Å². The van der Waals surface area contributed by atoms with E-state index in [0.717, 1.165) is 60.8 Å². The molecule has 8 heteroatoms. The van der Waals surface area contributed by atoms with Gasteiger partial charge in [0, 0.05) is 42.3 Å². The molecule has 2 aromatic carbocycles. The van der Waals surface area contributed by atoms with Gasteiger partial charge in [-0.25, -0.2) is 4.99 Å². The van der Waals surface area contributed by atoms with E-state index in [1.165, 1.54) is 17.3 Å². The van der Waals surface area contributed by atoms with Crippen molar-refractivity contribution in [3.8, 4) is 11.3 Å². The van der Waals surface area contributed by atoms with Crippen LogP contribution in [0.2, 0.25) is 0 Å². The predicted octanol–water partition coefficient (Wildman–Crippen LogP) is 6.34. The SMILES string of the molecule is Cc1ccc(-c2ccc(/C=C3\SC(=Nc4ccccc4)N(CCCN4CCOCC4)C3=O)o2)c(Br)c1. The van der Waals surface area contributed by atoms with Gasteiger partial charge < -0.3 is 9.15 Å². The molecule has 0 N–H and O–H groups in total. The smallest absolute Gasteiger partial charge is 0.266 e. The van der Waals surface area contributed by atoms with Crippen molar-refractivity contribution in [1.29, 1.82) is 0 Å². The molecule has 36 heavy (non-hydrogen) atoms. The Hall–Kier alpha value is -2.65. The van der Waals surface area contributed by atoms with Crippen molar-refractivity contribution in [1.82, 2.24) is 9.80 Å². The highest BCUT2D eigenvalue weighted by Crippen LogP contribution is 2.36. The zero-order valence-corrected chi connectivity index (χ0v) is 22.6. The summed E-state index contributed by atoms with van der Waals surface area (Å²) in [5, 5.41) is 0.701. The number of amides is 1. The predicted molar refractivity (Wildman–Crippen MR) is 149 cm³/mol. The Morgan fingerprint density at radius 3 is 2.64 bits per heavy atom. The number of para-hydroxylation sites is 1. The fourth-order valence-corrected chi connectivity index (χ4v) is 5.90. The fraction of sp³-hybridized carbons (Fsp3) is 0.286. The van der Waals surface area contributed by atoms with Gasteiger partial charge in [0.2, 0.25) is 0 Å². The average Bonchev–Trinajstić information content (AvgIpc) is 3.45. The normalized spacial score (nSPS) is 19.1. The maximum atomic E-state index is 13.4. The summed E-state index contributed by atoms with van der Waals surface area (Å²) in [5.74, 6) is 1.36. The molecule has 5 rings (SSSR count). The Kier molecular flexibility index (Phi) is 8.06. The molecule has 0 atom stereocenters. The summed E-state index contributed by atoms with van der Waals surface area (Å²) < 4.78 is 12.5. The van der Waals surface area contributed by atoms with Gasteiger partial charge in [0.05, 0.1) is 23.8 Å². The molecule has 1 amide bonds. The van der Waals surface area contributed by atoms with E-state index in [1.54, 1.807) is 4.90 Å². The highest BCUT2D eigenvalue weighted by Gasteiger charge is 2.33. The summed E-state index contributed by atoms with van der Waals surface area (Å²) in [6.07, 6.45) is 2.70. The lowest BCUT2D eigenvalue weighted by Gasteiger charge is -2.27. The average molecular weight is 567 g/mol. The number of ether oxygens (including phenoxy) is 1. The first-order valence-electron chi connectivity index (χ1n) is 12.1. The van der Waals surface area contributed by atoms with Gasteiger partial charge >= 0.3 is 0 Å². The summed E-state index contributed by atoms with van der Waals surface area (Å²) in [6.45, 7) is 7.03. The van der Waals surface area contributed by atoms with E-state index < -0.39 is 0 Å². The Morgan fingerprint density at radius 2 is 1.86 bits per heavy atom. The molecule has 0 saturated carbocycles. The molecule has 3 heterocycles. The zero-order valence-electron chi connectivity index (χ0n) is 20.2. The molecule has 1 aromatic heterocycles. The molecule has 0 radical (unpaired) electrons. The number of furan rings is 1. The molecule has 0 aliphatic carbocycles. The van der Waals surface area contributed by atoms with Crippen molar-refractivity contribution in [3.05, 3.63) is 81.4 Å². The number of benzene rings is 2. The van der Waals surface area contributed by atoms with Crippen molar-refractivity contribution in [2.24, 2.45) is 4.99 Å². The molecule has 186 valence electrons. The number of morpholine rings is 1. The van der Waals surface area contributed by atoms with Gasteiger partial charge in [0.25, 0.3) is 5.91 Å². The van der Waals surface area contributed by atoms with E-state index in [0.29, 0.717) is 22.4 Å². The van der Waals surface area contributed by atoms with E-state index in [2.05, 4.69) is 39.9 Å². The highest BCUT2D eigenvalue weighted by atomic mass is 79.9. The van der Waals surface area contributed by atoms with E-state index in [1.807, 2.05) is 54.6 Å². The lowest BCUT2D eigenvalue weighted by atomic mass is 10.1. The van der Waals surface area contributed by atoms with E-state index >= 15 is 0 Å². The number of halogens is 1. The van der Waals surface area contributed by atoms with Gasteiger partial charge in [-0.1, -0.05) is 40.2 Å². The summed E-state index contributed by atoms with van der Waals surface area (Å²) in [7, 11) is 0. The van der Waals surface area contributed by atoms with Crippen LogP contribution in [-0.4, -0.2) is 60.3 Å². The lowest BCUT2D eigenvalue weighted by molar-refractivity contribution is -0.122. The minimum absolute atomic E-state index is 0.0360. The largest absolute Gasteiger partial charge is 0.457 e. The first-order valence-corrected chi connectivity index (χ1v) is 13.7. The second-order valence-corrected chi connectivity index (χ2v) is 10.7. The maximum absolute atomic E-state index is 13.4. The van der Waals surface area contributed by atoms with Crippen LogP contribution < -0.4 is 0 Å². The molecule has 0 bridgehead atoms. The van der Waals surface area contributed by atoms with Gasteiger partial charge in [-0.2, -0.15) is 0 Å². The van der Waals surface area contributed by atoms with Crippen LogP contribution in [0.4, 0.5) is 5.69 Å². The topological polar surface area (TPSA) is 58.3 Å². The summed E-state index contributed by atoms with van der Waals surface area (Å²) in [6, 6.07) is 19.7. The van der Waals surface area contributed by atoms with Crippen LogP contribution in [0.1, 0.15) is 17.7 Å². The van der Waals surface area contributed by atoms with Crippen LogP contribution >= 0.6 is 27.7 Å². The minimum Gasteiger partial charge on any atom is -0.457 e. The van der Waals surface area contributed by atoms with Gasteiger partial charge in [0.1, 0.15) is 11.5 Å². The third-order valence-corrected chi connectivity index (χ3v) is 7.78. The summed E-state index contributed by atoms with van der Waals surface area (Å²) in [4.78, 5) is 23.0. The van der Waals surface area contributed by atoms with Crippen molar-refractivity contribution in [3.63, 3.8) is 0 Å². The van der Waals surface area contributed by atoms with Crippen LogP contribution in [0.15, 0.2) is 79.5 Å². The van der Waals surface area contributed by atoms with Gasteiger partial charge in [-0.05, 0) is 67.1 Å². The number of thioether (sulfide) groups is 1. The Balaban J connectivity index is 1.35. The van der Waals surface area contributed by atoms with Crippen LogP contribution in [0.3, 0.4) is 0 Å². The molecule has 2 saturated heterocycles. The Morgan fingerprint density at radius 1 is 1.06 bits per heavy atom. The Bertz CT molecular complexity index is 1280. The first-order chi connectivity index (χ1) is 17.6. The maximum Gasteiger partial charge on any atom is 0.266 e. The number of carbonyl (C=O) groups excluding carboxylic acids is 1. The standard InChI is InChI=1S/C28H28BrN3O3S/c1-20-8-10-23(24(29)18-20)25-11-9-22(35-25)19-26-27(33)32(13-5-12-31-14-16-34-17-15-31)28(36-26)30-21-6-3-2-4-7-21/h2-4,6-11,18-19H,5,12-17H2,1H3/b26-19-,30-28?. The van der Waals surface area contributed by atoms with Gasteiger partial charge in [-0.3, -0.25) is 14.6 Å². The van der Waals surface area contributed by atoms with E-state index in [-0.39, 0.29) is 5.91 Å². The van der Waals surface area contributed by atoms with Crippen molar-refractivity contribution < 1.29 is 13.9 Å². The third kappa shape index (κ3) is 6.00. The van der Waals surface area contributed by atoms with Crippen molar-refractivity contribution >= 4 is 50.5 Å². The number of amidine groups is 1. The van der Waals surface area contributed by atoms with E-state index in [9.17, 15) is 4.79 Å².